The van der Waals surface area contributed by atoms with Crippen molar-refractivity contribution in [3.63, 3.8) is 0 Å². The zero-order valence-electron chi connectivity index (χ0n) is 21.7. The number of carboxylic acid groups (broad SMARTS) is 1. The van der Waals surface area contributed by atoms with Crippen LogP contribution in [0.15, 0.2) is 71.5 Å². The van der Waals surface area contributed by atoms with Gasteiger partial charge in [0.25, 0.3) is 5.91 Å². The van der Waals surface area contributed by atoms with Gasteiger partial charge in [0.1, 0.15) is 11.8 Å². The number of carboxylic acids is 1. The van der Waals surface area contributed by atoms with Gasteiger partial charge in [-0.15, -0.1) is 0 Å². The Morgan fingerprint density at radius 3 is 2.69 bits per heavy atom. The number of furan rings is 1. The summed E-state index contributed by atoms with van der Waals surface area (Å²) in [5, 5.41) is 24.5. The van der Waals surface area contributed by atoms with Crippen molar-refractivity contribution in [3.05, 3.63) is 95.3 Å². The zero-order valence-corrected chi connectivity index (χ0v) is 22.5. The molecule has 9 nitrogen and oxygen atoms in total. The SMILES string of the molecule is CSCCC(NC(=O)c1ccc(-c2ccc(C)cc2NCc2cncn2Cc2ccc(C#N)cc2)o1)C(=O)O. The molecule has 2 aromatic carbocycles. The largest absolute Gasteiger partial charge is 0.480 e. The molecule has 0 saturated heterocycles. The summed E-state index contributed by atoms with van der Waals surface area (Å²) >= 11 is 1.52. The van der Waals surface area contributed by atoms with Crippen LogP contribution in [0, 0.1) is 18.3 Å². The van der Waals surface area contributed by atoms with Gasteiger partial charge in [0.15, 0.2) is 5.76 Å². The number of imidazole rings is 1. The number of rotatable bonds is 12. The van der Waals surface area contributed by atoms with Crippen LogP contribution >= 0.6 is 11.8 Å². The highest BCUT2D eigenvalue weighted by atomic mass is 32.2. The van der Waals surface area contributed by atoms with Crippen molar-refractivity contribution >= 4 is 29.3 Å². The Balaban J connectivity index is 1.48. The average Bonchev–Trinajstić information content (AvgIpc) is 3.60. The number of thioether (sulfide) groups is 1. The molecule has 0 aliphatic rings. The average molecular weight is 544 g/mol. The number of carbonyl (C=O) groups excluding carboxylic acids is 1. The molecule has 2 heterocycles. The predicted molar refractivity (Wildman–Crippen MR) is 151 cm³/mol. The first-order valence-corrected chi connectivity index (χ1v) is 13.7. The third-order valence-corrected chi connectivity index (χ3v) is 6.82. The van der Waals surface area contributed by atoms with E-state index in [4.69, 9.17) is 9.68 Å². The van der Waals surface area contributed by atoms with Crippen LogP contribution in [0.4, 0.5) is 5.69 Å². The lowest BCUT2D eigenvalue weighted by atomic mass is 10.1. The van der Waals surface area contributed by atoms with E-state index in [9.17, 15) is 14.7 Å². The number of hydrogen-bond acceptors (Lipinski definition) is 7. The van der Waals surface area contributed by atoms with Crippen LogP contribution in [0.5, 0.6) is 0 Å². The summed E-state index contributed by atoms with van der Waals surface area (Å²) in [5.74, 6) is -0.487. The first-order chi connectivity index (χ1) is 18.9. The van der Waals surface area contributed by atoms with Gasteiger partial charge >= 0.3 is 5.97 Å². The van der Waals surface area contributed by atoms with Crippen LogP contribution in [0.1, 0.15) is 39.4 Å². The minimum absolute atomic E-state index is 0.0485. The smallest absolute Gasteiger partial charge is 0.326 e. The number of anilines is 1. The third-order valence-electron chi connectivity index (χ3n) is 6.18. The number of amides is 1. The number of nitrogens with zero attached hydrogens (tertiary/aromatic N) is 3. The monoisotopic (exact) mass is 543 g/mol. The van der Waals surface area contributed by atoms with Crippen molar-refractivity contribution < 1.29 is 19.1 Å². The second-order valence-corrected chi connectivity index (χ2v) is 10.0. The normalized spacial score (nSPS) is 11.5. The lowest BCUT2D eigenvalue weighted by Gasteiger charge is -2.14. The molecule has 10 heteroatoms. The summed E-state index contributed by atoms with van der Waals surface area (Å²) in [6, 6.07) is 17.7. The third kappa shape index (κ3) is 7.09. The first kappa shape index (κ1) is 27.5. The van der Waals surface area contributed by atoms with Crippen molar-refractivity contribution in [2.24, 2.45) is 0 Å². The topological polar surface area (TPSA) is 133 Å². The number of carbonyl (C=O) groups is 2. The fourth-order valence-corrected chi connectivity index (χ4v) is 4.52. The molecule has 3 N–H and O–H groups in total. The molecule has 39 heavy (non-hydrogen) atoms. The number of benzene rings is 2. The fraction of sp³-hybridized carbons (Fsp3) is 0.241. The summed E-state index contributed by atoms with van der Waals surface area (Å²) < 4.78 is 7.90. The van der Waals surface area contributed by atoms with E-state index in [1.165, 1.54) is 11.8 Å². The zero-order chi connectivity index (χ0) is 27.8. The number of aliphatic carboxylic acids is 1. The lowest BCUT2D eigenvalue weighted by Crippen LogP contribution is -2.41. The Hall–Kier alpha value is -4.49. The van der Waals surface area contributed by atoms with Crippen molar-refractivity contribution in [1.29, 1.82) is 5.26 Å². The van der Waals surface area contributed by atoms with E-state index in [2.05, 4.69) is 21.7 Å². The van der Waals surface area contributed by atoms with Crippen LogP contribution in [0.2, 0.25) is 0 Å². The molecule has 0 fully saturated rings. The van der Waals surface area contributed by atoms with Gasteiger partial charge in [-0.2, -0.15) is 17.0 Å². The van der Waals surface area contributed by atoms with E-state index in [-0.39, 0.29) is 5.76 Å². The predicted octanol–water partition coefficient (Wildman–Crippen LogP) is 4.92. The van der Waals surface area contributed by atoms with Crippen LogP contribution in [-0.2, 0) is 17.9 Å². The highest BCUT2D eigenvalue weighted by molar-refractivity contribution is 7.98. The Morgan fingerprint density at radius 2 is 1.97 bits per heavy atom. The molecule has 4 aromatic rings. The van der Waals surface area contributed by atoms with Crippen molar-refractivity contribution in [2.75, 3.05) is 17.3 Å². The quantitative estimate of drug-likeness (QED) is 0.229. The molecule has 0 radical (unpaired) electrons. The minimum Gasteiger partial charge on any atom is -0.480 e. The van der Waals surface area contributed by atoms with E-state index >= 15 is 0 Å². The highest BCUT2D eigenvalue weighted by Gasteiger charge is 2.22. The number of nitriles is 1. The van der Waals surface area contributed by atoms with Crippen LogP contribution in [0.25, 0.3) is 11.3 Å². The van der Waals surface area contributed by atoms with Gasteiger partial charge in [0.2, 0.25) is 0 Å². The van der Waals surface area contributed by atoms with E-state index < -0.39 is 17.9 Å². The van der Waals surface area contributed by atoms with Gasteiger partial charge in [-0.05, 0) is 72.9 Å². The summed E-state index contributed by atoms with van der Waals surface area (Å²) in [6.45, 7) is 3.11. The number of aromatic nitrogens is 2. The Morgan fingerprint density at radius 1 is 1.18 bits per heavy atom. The van der Waals surface area contributed by atoms with Crippen LogP contribution < -0.4 is 10.6 Å². The molecule has 1 atom stereocenters. The van der Waals surface area contributed by atoms with Crippen LogP contribution in [0.3, 0.4) is 0 Å². The van der Waals surface area contributed by atoms with E-state index in [0.717, 1.165) is 28.1 Å². The Kier molecular flexibility index (Phi) is 9.07. The van der Waals surface area contributed by atoms with Gasteiger partial charge in [-0.3, -0.25) is 4.79 Å². The second kappa shape index (κ2) is 12.8. The van der Waals surface area contributed by atoms with E-state index in [1.54, 1.807) is 36.8 Å². The van der Waals surface area contributed by atoms with Gasteiger partial charge in [0, 0.05) is 24.0 Å². The molecule has 0 aliphatic carbocycles. The number of nitrogens with one attached hydrogen (secondary N) is 2. The first-order valence-electron chi connectivity index (χ1n) is 12.3. The van der Waals surface area contributed by atoms with Gasteiger partial charge < -0.3 is 24.7 Å². The van der Waals surface area contributed by atoms with Gasteiger partial charge in [0.05, 0.1) is 30.2 Å². The molecule has 2 aromatic heterocycles. The number of aryl methyl sites for hydroxylation is 1. The lowest BCUT2D eigenvalue weighted by molar-refractivity contribution is -0.139. The number of hydrogen-bond donors (Lipinski definition) is 3. The molecular formula is C29H29N5O4S. The van der Waals surface area contributed by atoms with E-state index in [1.807, 2.05) is 48.1 Å². The molecule has 1 amide bonds. The molecule has 0 bridgehead atoms. The Bertz CT molecular complexity index is 1490. The van der Waals surface area contributed by atoms with Gasteiger partial charge in [-0.1, -0.05) is 18.2 Å². The summed E-state index contributed by atoms with van der Waals surface area (Å²) in [6.07, 6.45) is 5.78. The summed E-state index contributed by atoms with van der Waals surface area (Å²) in [7, 11) is 0. The molecule has 1 unspecified atom stereocenters. The molecule has 0 aliphatic heterocycles. The standard InChI is InChI=1S/C29H29N5O4S/c1-19-3-8-23(26-9-10-27(38-26)28(35)33-24(29(36)37)11-12-39-2)25(13-19)32-16-22-15-31-18-34(22)17-21-6-4-20(14-30)5-7-21/h3-10,13,15,18,24,32H,11-12,16-17H2,1-2H3,(H,33,35)(H,36,37). The highest BCUT2D eigenvalue weighted by Crippen LogP contribution is 2.31. The fourth-order valence-electron chi connectivity index (χ4n) is 4.05. The molecule has 0 saturated carbocycles. The van der Waals surface area contributed by atoms with Crippen LogP contribution in [-0.4, -0.2) is 44.6 Å². The maximum absolute atomic E-state index is 12.7. The maximum atomic E-state index is 12.7. The van der Waals surface area contributed by atoms with Crippen molar-refractivity contribution in [3.8, 4) is 17.4 Å². The molecule has 200 valence electrons. The molecule has 0 spiro atoms. The summed E-state index contributed by atoms with van der Waals surface area (Å²) in [5.41, 5.74) is 5.30. The van der Waals surface area contributed by atoms with Gasteiger partial charge in [-0.25, -0.2) is 9.78 Å². The van der Waals surface area contributed by atoms with Crippen molar-refractivity contribution in [1.82, 2.24) is 14.9 Å². The maximum Gasteiger partial charge on any atom is 0.326 e. The second-order valence-electron chi connectivity index (χ2n) is 9.03. The minimum atomic E-state index is -1.08. The molecule has 4 rings (SSSR count). The Labute approximate surface area is 230 Å². The van der Waals surface area contributed by atoms with Crippen molar-refractivity contribution in [2.45, 2.75) is 32.5 Å². The summed E-state index contributed by atoms with van der Waals surface area (Å²) in [4.78, 5) is 28.5. The molecular weight excluding hydrogens is 514 g/mol. The van der Waals surface area contributed by atoms with E-state index in [0.29, 0.717) is 36.6 Å².